The standard InChI is InChI=1S/C16H16F2N2OS/c1-10-7-8-12(11(2)9-10)19-16(22)20-13-5-3-4-6-14(13)21-15(17)18/h3-9,15H,1-2H3,(H2,19,20,22). The summed E-state index contributed by atoms with van der Waals surface area (Å²) in [6, 6.07) is 12.3. The number of hydrogen-bond acceptors (Lipinski definition) is 2. The van der Waals surface area contributed by atoms with Gasteiger partial charge in [0.1, 0.15) is 5.75 Å². The average Bonchev–Trinajstić information content (AvgIpc) is 2.43. The lowest BCUT2D eigenvalue weighted by Gasteiger charge is -2.15. The van der Waals surface area contributed by atoms with E-state index in [4.69, 9.17) is 12.2 Å². The van der Waals surface area contributed by atoms with Gasteiger partial charge in [-0.15, -0.1) is 0 Å². The summed E-state index contributed by atoms with van der Waals surface area (Å²) in [6.45, 7) is 1.08. The van der Waals surface area contributed by atoms with Crippen LogP contribution in [0.3, 0.4) is 0 Å². The molecule has 0 aromatic heterocycles. The van der Waals surface area contributed by atoms with Crippen LogP contribution in [0.15, 0.2) is 42.5 Å². The van der Waals surface area contributed by atoms with E-state index >= 15 is 0 Å². The number of para-hydroxylation sites is 2. The smallest absolute Gasteiger partial charge is 0.387 e. The van der Waals surface area contributed by atoms with Crippen LogP contribution in [0.1, 0.15) is 11.1 Å². The maximum Gasteiger partial charge on any atom is 0.387 e. The van der Waals surface area contributed by atoms with E-state index in [0.29, 0.717) is 10.8 Å². The minimum absolute atomic E-state index is 0.0438. The number of halogens is 2. The minimum atomic E-state index is -2.89. The summed E-state index contributed by atoms with van der Waals surface area (Å²) < 4.78 is 29.2. The van der Waals surface area contributed by atoms with Crippen LogP contribution in [-0.4, -0.2) is 11.7 Å². The molecule has 2 N–H and O–H groups in total. The van der Waals surface area contributed by atoms with Crippen molar-refractivity contribution in [2.24, 2.45) is 0 Å². The molecular formula is C16H16F2N2OS. The van der Waals surface area contributed by atoms with Crippen molar-refractivity contribution < 1.29 is 13.5 Å². The van der Waals surface area contributed by atoms with Crippen LogP contribution in [0.2, 0.25) is 0 Å². The lowest BCUT2D eigenvalue weighted by molar-refractivity contribution is -0.0493. The largest absolute Gasteiger partial charge is 0.433 e. The molecule has 116 valence electrons. The first-order valence-electron chi connectivity index (χ1n) is 6.65. The third kappa shape index (κ3) is 4.39. The lowest BCUT2D eigenvalue weighted by Crippen LogP contribution is -2.20. The minimum Gasteiger partial charge on any atom is -0.433 e. The van der Waals surface area contributed by atoms with Gasteiger partial charge in [-0.1, -0.05) is 29.8 Å². The van der Waals surface area contributed by atoms with Crippen LogP contribution >= 0.6 is 12.2 Å². The van der Waals surface area contributed by atoms with Gasteiger partial charge in [-0.2, -0.15) is 8.78 Å². The third-order valence-electron chi connectivity index (χ3n) is 2.98. The molecule has 2 rings (SSSR count). The summed E-state index contributed by atoms with van der Waals surface area (Å²) in [7, 11) is 0. The quantitative estimate of drug-likeness (QED) is 0.799. The molecule has 0 unspecified atom stereocenters. The topological polar surface area (TPSA) is 33.3 Å². The fourth-order valence-corrected chi connectivity index (χ4v) is 2.22. The number of anilines is 2. The third-order valence-corrected chi connectivity index (χ3v) is 3.19. The van der Waals surface area contributed by atoms with Crippen molar-refractivity contribution in [3.05, 3.63) is 53.6 Å². The highest BCUT2D eigenvalue weighted by molar-refractivity contribution is 7.80. The number of aryl methyl sites for hydroxylation is 2. The molecule has 2 aromatic carbocycles. The number of benzene rings is 2. The van der Waals surface area contributed by atoms with E-state index in [-0.39, 0.29) is 5.75 Å². The zero-order valence-electron chi connectivity index (χ0n) is 12.2. The summed E-state index contributed by atoms with van der Waals surface area (Å²) in [5.41, 5.74) is 3.43. The second-order valence-corrected chi connectivity index (χ2v) is 5.18. The van der Waals surface area contributed by atoms with Gasteiger partial charge in [0.05, 0.1) is 5.69 Å². The number of alkyl halides is 2. The van der Waals surface area contributed by atoms with Gasteiger partial charge in [-0.25, -0.2) is 0 Å². The molecule has 0 fully saturated rings. The molecule has 0 radical (unpaired) electrons. The van der Waals surface area contributed by atoms with Gasteiger partial charge in [-0.3, -0.25) is 0 Å². The van der Waals surface area contributed by atoms with Gasteiger partial charge in [0.2, 0.25) is 0 Å². The molecule has 0 bridgehead atoms. The Morgan fingerprint density at radius 3 is 2.41 bits per heavy atom. The second-order valence-electron chi connectivity index (χ2n) is 4.77. The molecule has 0 aliphatic rings. The van der Waals surface area contributed by atoms with Crippen molar-refractivity contribution >= 4 is 28.7 Å². The number of nitrogens with one attached hydrogen (secondary N) is 2. The predicted molar refractivity (Wildman–Crippen MR) is 88.8 cm³/mol. The zero-order chi connectivity index (χ0) is 16.1. The molecule has 0 amide bonds. The number of rotatable bonds is 4. The molecule has 0 atom stereocenters. The van der Waals surface area contributed by atoms with Crippen molar-refractivity contribution in [1.82, 2.24) is 0 Å². The molecule has 6 heteroatoms. The van der Waals surface area contributed by atoms with Crippen molar-refractivity contribution in [1.29, 1.82) is 0 Å². The molecule has 22 heavy (non-hydrogen) atoms. The summed E-state index contributed by atoms with van der Waals surface area (Å²) in [4.78, 5) is 0. The summed E-state index contributed by atoms with van der Waals surface area (Å²) >= 11 is 5.22. The molecule has 0 spiro atoms. The fourth-order valence-electron chi connectivity index (χ4n) is 2.00. The zero-order valence-corrected chi connectivity index (χ0v) is 13.0. The van der Waals surface area contributed by atoms with E-state index in [1.807, 2.05) is 32.0 Å². The van der Waals surface area contributed by atoms with Crippen molar-refractivity contribution in [3.8, 4) is 5.75 Å². The number of thiocarbonyl (C=S) groups is 1. The Bertz CT molecular complexity index is 677. The fraction of sp³-hybridized carbons (Fsp3) is 0.188. The Morgan fingerprint density at radius 1 is 1.05 bits per heavy atom. The molecule has 0 aliphatic heterocycles. The first kappa shape index (κ1) is 16.2. The van der Waals surface area contributed by atoms with E-state index < -0.39 is 6.61 Å². The maximum atomic E-state index is 12.4. The van der Waals surface area contributed by atoms with E-state index in [1.54, 1.807) is 18.2 Å². The normalized spacial score (nSPS) is 10.4. The lowest BCUT2D eigenvalue weighted by atomic mass is 10.1. The molecule has 2 aromatic rings. The van der Waals surface area contributed by atoms with E-state index in [9.17, 15) is 8.78 Å². The molecule has 0 aliphatic carbocycles. The van der Waals surface area contributed by atoms with Gasteiger partial charge in [0.25, 0.3) is 0 Å². The molecular weight excluding hydrogens is 306 g/mol. The van der Waals surface area contributed by atoms with Gasteiger partial charge < -0.3 is 15.4 Å². The Kier molecular flexibility index (Phi) is 5.27. The molecule has 0 saturated carbocycles. The summed E-state index contributed by atoms with van der Waals surface area (Å²) in [6.07, 6.45) is 0. The summed E-state index contributed by atoms with van der Waals surface area (Å²) in [5, 5.41) is 6.21. The number of ether oxygens (including phenoxy) is 1. The van der Waals surface area contributed by atoms with Gasteiger partial charge in [-0.05, 0) is 49.8 Å². The highest BCUT2D eigenvalue weighted by atomic mass is 32.1. The van der Waals surface area contributed by atoms with Crippen molar-refractivity contribution in [2.75, 3.05) is 10.6 Å². The Balaban J connectivity index is 2.09. The van der Waals surface area contributed by atoms with Gasteiger partial charge >= 0.3 is 6.61 Å². The molecule has 3 nitrogen and oxygen atoms in total. The average molecular weight is 322 g/mol. The van der Waals surface area contributed by atoms with Crippen LogP contribution < -0.4 is 15.4 Å². The summed E-state index contributed by atoms with van der Waals surface area (Å²) in [5.74, 6) is 0.0438. The Labute approximate surface area is 133 Å². The van der Waals surface area contributed by atoms with Crippen molar-refractivity contribution in [2.45, 2.75) is 20.5 Å². The number of hydrogen-bond donors (Lipinski definition) is 2. The van der Waals surface area contributed by atoms with Crippen LogP contribution in [0.4, 0.5) is 20.2 Å². The van der Waals surface area contributed by atoms with Gasteiger partial charge in [0, 0.05) is 5.69 Å². The first-order chi connectivity index (χ1) is 10.5. The highest BCUT2D eigenvalue weighted by Crippen LogP contribution is 2.26. The highest BCUT2D eigenvalue weighted by Gasteiger charge is 2.10. The maximum absolute atomic E-state index is 12.4. The van der Waals surface area contributed by atoms with Gasteiger partial charge in [0.15, 0.2) is 5.11 Å². The molecule has 0 heterocycles. The van der Waals surface area contributed by atoms with E-state index in [1.165, 1.54) is 6.07 Å². The Hall–Kier alpha value is -2.21. The second kappa shape index (κ2) is 7.17. The van der Waals surface area contributed by atoms with Crippen LogP contribution in [0, 0.1) is 13.8 Å². The first-order valence-corrected chi connectivity index (χ1v) is 7.05. The van der Waals surface area contributed by atoms with E-state index in [0.717, 1.165) is 16.8 Å². The molecule has 0 saturated heterocycles. The monoisotopic (exact) mass is 322 g/mol. The van der Waals surface area contributed by atoms with Crippen LogP contribution in [0.25, 0.3) is 0 Å². The SMILES string of the molecule is Cc1ccc(NC(=S)Nc2ccccc2OC(F)F)c(C)c1. The predicted octanol–water partition coefficient (Wildman–Crippen LogP) is 4.71. The van der Waals surface area contributed by atoms with E-state index in [2.05, 4.69) is 15.4 Å². The van der Waals surface area contributed by atoms with Crippen molar-refractivity contribution in [3.63, 3.8) is 0 Å². The Morgan fingerprint density at radius 2 is 1.73 bits per heavy atom. The van der Waals surface area contributed by atoms with Crippen LogP contribution in [0.5, 0.6) is 5.75 Å². The van der Waals surface area contributed by atoms with Crippen LogP contribution in [-0.2, 0) is 0 Å².